The standard InChI is InChI=1S/C16H29NO2S/c1-15-7-12-6-13(8-15)10-16(9-12,11-15)14(17)4-3-5-20(2,18)19/h12-14H,3-11,17H2,1-2H3. The number of rotatable bonds is 5. The van der Waals surface area contributed by atoms with Gasteiger partial charge in [-0.1, -0.05) is 6.92 Å². The Morgan fingerprint density at radius 3 is 2.30 bits per heavy atom. The lowest BCUT2D eigenvalue weighted by atomic mass is 9.43. The minimum atomic E-state index is -2.84. The molecule has 0 saturated heterocycles. The maximum atomic E-state index is 11.3. The summed E-state index contributed by atoms with van der Waals surface area (Å²) < 4.78 is 22.5. The second-order valence-corrected chi connectivity index (χ2v) is 10.8. The molecule has 0 aliphatic heterocycles. The molecule has 3 unspecified atom stereocenters. The molecule has 20 heavy (non-hydrogen) atoms. The van der Waals surface area contributed by atoms with Gasteiger partial charge in [0.2, 0.25) is 0 Å². The zero-order valence-electron chi connectivity index (χ0n) is 12.9. The summed E-state index contributed by atoms with van der Waals surface area (Å²) in [6.45, 7) is 2.46. The molecule has 0 amide bonds. The van der Waals surface area contributed by atoms with Crippen molar-refractivity contribution in [2.45, 2.75) is 64.3 Å². The van der Waals surface area contributed by atoms with Crippen LogP contribution in [-0.4, -0.2) is 26.5 Å². The van der Waals surface area contributed by atoms with Gasteiger partial charge in [-0.25, -0.2) is 8.42 Å². The molecule has 0 heterocycles. The van der Waals surface area contributed by atoms with Gasteiger partial charge in [-0.05, 0) is 74.0 Å². The Kier molecular flexibility index (Phi) is 3.49. The van der Waals surface area contributed by atoms with Gasteiger partial charge in [-0.15, -0.1) is 0 Å². The van der Waals surface area contributed by atoms with E-state index in [-0.39, 0.29) is 6.04 Å². The molecule has 0 aromatic carbocycles. The lowest BCUT2D eigenvalue weighted by Crippen LogP contribution is -2.57. The van der Waals surface area contributed by atoms with Gasteiger partial charge >= 0.3 is 0 Å². The smallest absolute Gasteiger partial charge is 0.147 e. The summed E-state index contributed by atoms with van der Waals surface area (Å²) in [6, 6.07) is 0.203. The third kappa shape index (κ3) is 2.78. The highest BCUT2D eigenvalue weighted by molar-refractivity contribution is 7.90. The maximum absolute atomic E-state index is 11.3. The van der Waals surface area contributed by atoms with Crippen molar-refractivity contribution in [2.24, 2.45) is 28.4 Å². The summed E-state index contributed by atoms with van der Waals surface area (Å²) >= 11 is 0. The fraction of sp³-hybridized carbons (Fsp3) is 1.00. The van der Waals surface area contributed by atoms with Crippen molar-refractivity contribution in [1.29, 1.82) is 0 Å². The Morgan fingerprint density at radius 2 is 1.80 bits per heavy atom. The maximum Gasteiger partial charge on any atom is 0.147 e. The van der Waals surface area contributed by atoms with E-state index in [0.29, 0.717) is 16.6 Å². The molecule has 0 aromatic heterocycles. The predicted molar refractivity (Wildman–Crippen MR) is 82.1 cm³/mol. The molecule has 4 rings (SSSR count). The average molecular weight is 299 g/mol. The van der Waals surface area contributed by atoms with Crippen molar-refractivity contribution >= 4 is 9.84 Å². The zero-order chi connectivity index (χ0) is 14.6. The SMILES string of the molecule is CC12CC3CC(C1)CC(C(N)CCCS(C)(=O)=O)(C3)C2. The van der Waals surface area contributed by atoms with Gasteiger partial charge < -0.3 is 5.73 Å². The van der Waals surface area contributed by atoms with Gasteiger partial charge in [0.15, 0.2) is 0 Å². The quantitative estimate of drug-likeness (QED) is 0.849. The van der Waals surface area contributed by atoms with Crippen LogP contribution in [0.1, 0.15) is 58.3 Å². The Labute approximate surface area is 123 Å². The Bertz CT molecular complexity index is 471. The van der Waals surface area contributed by atoms with Gasteiger partial charge in [0, 0.05) is 18.1 Å². The van der Waals surface area contributed by atoms with Crippen LogP contribution >= 0.6 is 0 Å². The molecular weight excluding hydrogens is 270 g/mol. The molecule has 4 heteroatoms. The highest BCUT2D eigenvalue weighted by Gasteiger charge is 2.57. The van der Waals surface area contributed by atoms with Crippen LogP contribution < -0.4 is 5.73 Å². The predicted octanol–water partition coefficient (Wildman–Crippen LogP) is 2.75. The first-order valence-corrected chi connectivity index (χ1v) is 10.2. The van der Waals surface area contributed by atoms with Crippen LogP contribution in [-0.2, 0) is 9.84 Å². The van der Waals surface area contributed by atoms with E-state index in [1.165, 1.54) is 44.8 Å². The second-order valence-electron chi connectivity index (χ2n) is 8.51. The van der Waals surface area contributed by atoms with Crippen molar-refractivity contribution < 1.29 is 8.42 Å². The van der Waals surface area contributed by atoms with Gasteiger partial charge in [0.05, 0.1) is 0 Å². The van der Waals surface area contributed by atoms with Crippen molar-refractivity contribution in [3.8, 4) is 0 Å². The van der Waals surface area contributed by atoms with Gasteiger partial charge in [-0.3, -0.25) is 0 Å². The lowest BCUT2D eigenvalue weighted by molar-refractivity contribution is -0.113. The van der Waals surface area contributed by atoms with Crippen molar-refractivity contribution in [2.75, 3.05) is 12.0 Å². The van der Waals surface area contributed by atoms with E-state index < -0.39 is 9.84 Å². The van der Waals surface area contributed by atoms with Crippen LogP contribution in [0.4, 0.5) is 0 Å². The van der Waals surface area contributed by atoms with Gasteiger partial charge in [-0.2, -0.15) is 0 Å². The Balaban J connectivity index is 1.66. The Morgan fingerprint density at radius 1 is 1.20 bits per heavy atom. The minimum Gasteiger partial charge on any atom is -0.327 e. The van der Waals surface area contributed by atoms with Gasteiger partial charge in [0.25, 0.3) is 0 Å². The molecule has 4 saturated carbocycles. The Hall–Kier alpha value is -0.0900. The van der Waals surface area contributed by atoms with E-state index in [0.717, 1.165) is 24.7 Å². The molecule has 4 aliphatic carbocycles. The first-order valence-electron chi connectivity index (χ1n) is 8.13. The van der Waals surface area contributed by atoms with E-state index in [9.17, 15) is 8.42 Å². The summed E-state index contributed by atoms with van der Waals surface area (Å²) in [5.41, 5.74) is 7.42. The fourth-order valence-corrected chi connectivity index (χ4v) is 6.79. The monoisotopic (exact) mass is 299 g/mol. The molecule has 3 atom stereocenters. The normalized spacial score (nSPS) is 44.8. The van der Waals surface area contributed by atoms with Crippen LogP contribution in [0.2, 0.25) is 0 Å². The highest BCUT2D eigenvalue weighted by atomic mass is 32.2. The highest BCUT2D eigenvalue weighted by Crippen LogP contribution is 2.66. The first-order chi connectivity index (χ1) is 9.20. The van der Waals surface area contributed by atoms with E-state index in [4.69, 9.17) is 5.73 Å². The van der Waals surface area contributed by atoms with Crippen molar-refractivity contribution in [3.05, 3.63) is 0 Å². The first kappa shape index (κ1) is 14.8. The molecule has 0 spiro atoms. The summed E-state index contributed by atoms with van der Waals surface area (Å²) in [7, 11) is -2.84. The molecule has 4 aliphatic rings. The third-order valence-electron chi connectivity index (χ3n) is 6.22. The average Bonchev–Trinajstić information content (AvgIpc) is 2.23. The largest absolute Gasteiger partial charge is 0.327 e. The molecule has 2 N–H and O–H groups in total. The number of sulfone groups is 1. The van der Waals surface area contributed by atoms with Crippen LogP contribution in [0.3, 0.4) is 0 Å². The summed E-state index contributed by atoms with van der Waals surface area (Å²) in [6.07, 6.45) is 11.1. The van der Waals surface area contributed by atoms with Crippen molar-refractivity contribution in [3.63, 3.8) is 0 Å². The number of nitrogens with two attached hydrogens (primary N) is 1. The summed E-state index contributed by atoms with van der Waals surface area (Å²) in [4.78, 5) is 0. The molecule has 116 valence electrons. The molecule has 4 fully saturated rings. The van der Waals surface area contributed by atoms with Crippen LogP contribution in [0.25, 0.3) is 0 Å². The van der Waals surface area contributed by atoms with Gasteiger partial charge in [0.1, 0.15) is 9.84 Å². The van der Waals surface area contributed by atoms with Crippen LogP contribution in [0, 0.1) is 22.7 Å². The van der Waals surface area contributed by atoms with E-state index >= 15 is 0 Å². The topological polar surface area (TPSA) is 60.2 Å². The molecule has 3 nitrogen and oxygen atoms in total. The minimum absolute atomic E-state index is 0.203. The van der Waals surface area contributed by atoms with Crippen molar-refractivity contribution in [1.82, 2.24) is 0 Å². The zero-order valence-corrected chi connectivity index (χ0v) is 13.7. The summed E-state index contributed by atoms with van der Waals surface area (Å²) in [5.74, 6) is 2.07. The fourth-order valence-electron chi connectivity index (χ4n) is 6.10. The molecule has 0 aromatic rings. The molecule has 4 bridgehead atoms. The summed E-state index contributed by atoms with van der Waals surface area (Å²) in [5, 5.41) is 0. The van der Waals surface area contributed by atoms with Crippen LogP contribution in [0.5, 0.6) is 0 Å². The molecular formula is C16H29NO2S. The lowest BCUT2D eigenvalue weighted by Gasteiger charge is -2.63. The molecule has 0 radical (unpaired) electrons. The van der Waals surface area contributed by atoms with E-state index in [1.54, 1.807) is 0 Å². The van der Waals surface area contributed by atoms with E-state index in [1.807, 2.05) is 0 Å². The van der Waals surface area contributed by atoms with E-state index in [2.05, 4.69) is 6.92 Å². The van der Waals surface area contributed by atoms with Crippen LogP contribution in [0.15, 0.2) is 0 Å². The second kappa shape index (κ2) is 4.70. The number of hydrogen-bond donors (Lipinski definition) is 1. The third-order valence-corrected chi connectivity index (χ3v) is 7.25. The number of hydrogen-bond acceptors (Lipinski definition) is 3.